The van der Waals surface area contributed by atoms with Crippen LogP contribution in [0.15, 0.2) is 0 Å². The van der Waals surface area contributed by atoms with Gasteiger partial charge in [-0.3, -0.25) is 4.79 Å². The molecule has 452 valence electrons. The van der Waals surface area contributed by atoms with E-state index in [0.29, 0.717) is 12.8 Å². The summed E-state index contributed by atoms with van der Waals surface area (Å²) in [5.41, 5.74) is 0. The van der Waals surface area contributed by atoms with Gasteiger partial charge >= 0.3 is 0 Å². The van der Waals surface area contributed by atoms with Gasteiger partial charge in [0.1, 0.15) is 54.9 Å². The molecule has 1 amide bonds. The number of aliphatic hydroxyl groups is 11. The Morgan fingerprint density at radius 2 is 0.776 bits per heavy atom. The average molecular weight is 1090 g/mol. The molecule has 2 unspecified atom stereocenters. The summed E-state index contributed by atoms with van der Waals surface area (Å²) in [5, 5.41) is 120. The second-order valence-corrected chi connectivity index (χ2v) is 22.6. The number of hydrogen-bond donors (Lipinski definition) is 12. The fraction of sp³-hybridized carbons (Fsp3) is 0.983. The third-order valence-corrected chi connectivity index (χ3v) is 15.9. The van der Waals surface area contributed by atoms with Gasteiger partial charge in [0.15, 0.2) is 18.7 Å². The van der Waals surface area contributed by atoms with Gasteiger partial charge in [0.25, 0.3) is 5.91 Å². The Morgan fingerprint density at radius 3 is 1.16 bits per heavy atom. The zero-order valence-electron chi connectivity index (χ0n) is 47.6. The summed E-state index contributed by atoms with van der Waals surface area (Å²) in [6.07, 6.45) is 21.1. The molecule has 0 aromatic carbocycles. The molecule has 0 radical (unpaired) electrons. The molecule has 2 aliphatic heterocycles. The van der Waals surface area contributed by atoms with E-state index in [-0.39, 0.29) is 12.8 Å². The number of rotatable bonds is 50. The van der Waals surface area contributed by atoms with Crippen LogP contribution in [0.25, 0.3) is 0 Å². The van der Waals surface area contributed by atoms with Gasteiger partial charge in [-0.2, -0.15) is 0 Å². The molecule has 2 aliphatic rings. The van der Waals surface area contributed by atoms with E-state index in [4.69, 9.17) is 18.9 Å². The molecule has 2 fully saturated rings. The van der Waals surface area contributed by atoms with Crippen molar-refractivity contribution < 1.29 is 79.9 Å². The molecule has 0 aromatic heterocycles. The molecule has 17 heteroatoms. The zero-order chi connectivity index (χ0) is 55.8. The van der Waals surface area contributed by atoms with Crippen molar-refractivity contribution in [3.8, 4) is 0 Å². The van der Waals surface area contributed by atoms with Crippen molar-refractivity contribution in [3.63, 3.8) is 0 Å². The largest absolute Gasteiger partial charge is 0.394 e. The summed E-state index contributed by atoms with van der Waals surface area (Å²) >= 11 is 0. The van der Waals surface area contributed by atoms with E-state index in [2.05, 4.69) is 19.2 Å². The maximum absolute atomic E-state index is 13.4. The van der Waals surface area contributed by atoms with Gasteiger partial charge in [0.05, 0.1) is 38.1 Å². The van der Waals surface area contributed by atoms with Crippen molar-refractivity contribution in [2.24, 2.45) is 0 Å². The zero-order valence-corrected chi connectivity index (χ0v) is 47.6. The fourth-order valence-electron chi connectivity index (χ4n) is 10.7. The summed E-state index contributed by atoms with van der Waals surface area (Å²) in [4.78, 5) is 13.4. The second-order valence-electron chi connectivity index (χ2n) is 22.6. The Labute approximate surface area is 459 Å². The minimum absolute atomic E-state index is 0.175. The first-order chi connectivity index (χ1) is 36.8. The smallest absolute Gasteiger partial charge is 0.251 e. The Morgan fingerprint density at radius 1 is 0.434 bits per heavy atom. The van der Waals surface area contributed by atoms with Crippen LogP contribution >= 0.6 is 0 Å². The van der Waals surface area contributed by atoms with Crippen molar-refractivity contribution in [2.75, 3.05) is 19.8 Å². The Bertz CT molecular complexity index is 1340. The molecule has 17 nitrogen and oxygen atoms in total. The summed E-state index contributed by atoms with van der Waals surface area (Å²) in [7, 11) is 0. The number of hydrogen-bond acceptors (Lipinski definition) is 16. The Balaban J connectivity index is 1.80. The lowest BCUT2D eigenvalue weighted by Crippen LogP contribution is -2.65. The summed E-state index contributed by atoms with van der Waals surface area (Å²) in [5.74, 6) is -1.01. The first-order valence-corrected chi connectivity index (χ1v) is 31.0. The lowest BCUT2D eigenvalue weighted by Gasteiger charge is -2.46. The standard InChI is InChI=1S/C59H115NO16/c1-3-5-7-9-11-13-15-17-18-19-20-21-22-23-24-25-26-28-30-32-34-36-38-40-46(64)50(66)57(72)60-44(49(65)45(63)39-37-35-33-31-29-27-16-14-12-10-8-6-4-2)43-73-58-55(71)53(69)56(48(42-62)75-58)76-59-54(70)52(68)51(67)47(41-61)74-59/h44-56,58-59,61-71H,3-43H2,1-2H3,(H,60,72)/t44-,45+,46?,47+,48+,49-,50?,51-,52-,53+,54+,55+,56+,58+,59-/m0/s1. The molecule has 0 bridgehead atoms. The monoisotopic (exact) mass is 1090 g/mol. The normalized spacial score (nSPS) is 26.1. The van der Waals surface area contributed by atoms with Crippen molar-refractivity contribution >= 4 is 5.91 Å². The predicted octanol–water partition coefficient (Wildman–Crippen LogP) is 7.42. The number of aliphatic hydroxyl groups excluding tert-OH is 11. The number of amides is 1. The molecule has 76 heavy (non-hydrogen) atoms. The van der Waals surface area contributed by atoms with Gasteiger partial charge < -0.3 is 80.4 Å². The highest BCUT2D eigenvalue weighted by Crippen LogP contribution is 2.30. The number of nitrogens with one attached hydrogen (secondary N) is 1. The first-order valence-electron chi connectivity index (χ1n) is 31.0. The maximum Gasteiger partial charge on any atom is 0.251 e. The highest BCUT2D eigenvalue weighted by Gasteiger charge is 2.51. The third kappa shape index (κ3) is 30.1. The Kier molecular flexibility index (Phi) is 42.5. The summed E-state index contributed by atoms with van der Waals surface area (Å²) in [6.45, 7) is 2.32. The minimum atomic E-state index is -1.89. The van der Waals surface area contributed by atoms with E-state index in [1.54, 1.807) is 0 Å². The van der Waals surface area contributed by atoms with Crippen molar-refractivity contribution in [3.05, 3.63) is 0 Å². The molecule has 2 rings (SSSR count). The van der Waals surface area contributed by atoms with E-state index >= 15 is 0 Å². The van der Waals surface area contributed by atoms with E-state index in [1.165, 1.54) is 167 Å². The van der Waals surface area contributed by atoms with Gasteiger partial charge in [-0.1, -0.05) is 245 Å². The van der Waals surface area contributed by atoms with E-state index < -0.39 is 118 Å². The first kappa shape index (κ1) is 71.0. The second kappa shape index (κ2) is 45.5. The molecule has 15 atom stereocenters. The van der Waals surface area contributed by atoms with E-state index in [9.17, 15) is 61.0 Å². The SMILES string of the molecule is CCCCCCCCCCCCCCCCCCCCCCCCCC(O)C(O)C(=O)N[C@@H](CO[C@@H]1O[C@H](CO)[C@@H](O[C@@H]2O[C@H](CO)[C@H](O)[C@H](O)[C@H]2O)[C@H](O)[C@H]1O)[C@H](O)[C@H](O)CCCCCCCCCCCCCCC. The van der Waals surface area contributed by atoms with Gasteiger partial charge in [0, 0.05) is 0 Å². The van der Waals surface area contributed by atoms with Crippen LogP contribution in [0.3, 0.4) is 0 Å². The van der Waals surface area contributed by atoms with Crippen LogP contribution in [0.1, 0.15) is 258 Å². The fourth-order valence-corrected chi connectivity index (χ4v) is 10.7. The van der Waals surface area contributed by atoms with Crippen LogP contribution in [0.4, 0.5) is 0 Å². The molecule has 2 heterocycles. The van der Waals surface area contributed by atoms with Crippen LogP contribution < -0.4 is 5.32 Å². The molecule has 12 N–H and O–H groups in total. The van der Waals surface area contributed by atoms with Crippen LogP contribution in [0.5, 0.6) is 0 Å². The topological polar surface area (TPSA) is 289 Å². The van der Waals surface area contributed by atoms with E-state index in [1.807, 2.05) is 0 Å². The van der Waals surface area contributed by atoms with Gasteiger partial charge in [0.2, 0.25) is 0 Å². The summed E-state index contributed by atoms with van der Waals surface area (Å²) in [6, 6.07) is -1.39. The highest BCUT2D eigenvalue weighted by atomic mass is 16.7. The minimum Gasteiger partial charge on any atom is -0.394 e. The maximum atomic E-state index is 13.4. The lowest BCUT2D eigenvalue weighted by molar-refractivity contribution is -0.359. The highest BCUT2D eigenvalue weighted by molar-refractivity contribution is 5.81. The molecular weight excluding hydrogens is 979 g/mol. The van der Waals surface area contributed by atoms with Gasteiger partial charge in [-0.15, -0.1) is 0 Å². The molecule has 2 saturated heterocycles. The van der Waals surface area contributed by atoms with Crippen molar-refractivity contribution in [1.82, 2.24) is 5.32 Å². The average Bonchev–Trinajstić information content (AvgIpc) is 3.42. The quantitative estimate of drug-likeness (QED) is 0.0264. The molecule has 0 aliphatic carbocycles. The van der Waals surface area contributed by atoms with Crippen LogP contribution in [0.2, 0.25) is 0 Å². The van der Waals surface area contributed by atoms with Crippen LogP contribution in [0, 0.1) is 0 Å². The predicted molar refractivity (Wildman–Crippen MR) is 295 cm³/mol. The number of carbonyl (C=O) groups excluding carboxylic acids is 1. The number of unbranched alkanes of at least 4 members (excludes halogenated alkanes) is 34. The van der Waals surface area contributed by atoms with Gasteiger partial charge in [-0.05, 0) is 12.8 Å². The van der Waals surface area contributed by atoms with Crippen LogP contribution in [-0.4, -0.2) is 174 Å². The lowest BCUT2D eigenvalue weighted by atomic mass is 9.97. The van der Waals surface area contributed by atoms with Crippen LogP contribution in [-0.2, 0) is 23.7 Å². The number of carbonyl (C=O) groups is 1. The summed E-state index contributed by atoms with van der Waals surface area (Å²) < 4.78 is 22.5. The molecule has 0 saturated carbocycles. The molecule has 0 spiro atoms. The van der Waals surface area contributed by atoms with Crippen molar-refractivity contribution in [2.45, 2.75) is 350 Å². The van der Waals surface area contributed by atoms with Gasteiger partial charge in [-0.25, -0.2) is 0 Å². The van der Waals surface area contributed by atoms with Crippen molar-refractivity contribution in [1.29, 1.82) is 0 Å². The third-order valence-electron chi connectivity index (χ3n) is 15.9. The molecule has 0 aromatic rings. The number of ether oxygens (including phenoxy) is 4. The Hall–Kier alpha value is -1.13. The molecular formula is C59H115NO16. The van der Waals surface area contributed by atoms with E-state index in [0.717, 1.165) is 51.4 Å².